The van der Waals surface area contributed by atoms with Crippen molar-refractivity contribution in [3.05, 3.63) is 129 Å². The molecule has 0 saturated carbocycles. The fourth-order valence-corrected chi connectivity index (χ4v) is 4.94. The van der Waals surface area contributed by atoms with Gasteiger partial charge in [0.2, 0.25) is 0 Å². The third kappa shape index (κ3) is 7.82. The molecular weight excluding hydrogens is 594 g/mol. The summed E-state index contributed by atoms with van der Waals surface area (Å²) in [5.41, 5.74) is 2.36. The molecule has 0 saturated heterocycles. The van der Waals surface area contributed by atoms with E-state index in [0.717, 1.165) is 16.9 Å². The van der Waals surface area contributed by atoms with Crippen LogP contribution in [0, 0.1) is 0 Å². The first-order valence-electron chi connectivity index (χ1n) is 14.2. The Morgan fingerprint density at radius 1 is 0.800 bits per heavy atom. The number of nitrogens with zero attached hydrogens (tertiary/aromatic N) is 1. The van der Waals surface area contributed by atoms with E-state index in [4.69, 9.17) is 25.8 Å². The van der Waals surface area contributed by atoms with Crippen molar-refractivity contribution in [2.24, 2.45) is 0 Å². The minimum atomic E-state index is -0.508. The summed E-state index contributed by atoms with van der Waals surface area (Å²) in [6.45, 7) is 0.271. The number of hydrogen-bond donors (Lipinski definition) is 2. The lowest BCUT2D eigenvalue weighted by molar-refractivity contribution is -0.118. The summed E-state index contributed by atoms with van der Waals surface area (Å²) in [6.07, 6.45) is 0.568. The van der Waals surface area contributed by atoms with E-state index in [1.54, 1.807) is 56.7 Å². The van der Waals surface area contributed by atoms with Gasteiger partial charge in [0.25, 0.3) is 17.4 Å². The number of nitrogens with one attached hydrogen (secondary N) is 2. The maximum absolute atomic E-state index is 13.8. The van der Waals surface area contributed by atoms with Crippen molar-refractivity contribution >= 4 is 40.0 Å². The lowest BCUT2D eigenvalue weighted by Gasteiger charge is -2.16. The van der Waals surface area contributed by atoms with E-state index in [1.807, 2.05) is 48.5 Å². The first-order valence-corrected chi connectivity index (χ1v) is 14.6. The van der Waals surface area contributed by atoms with Crippen LogP contribution in [0.25, 0.3) is 10.9 Å². The second-order valence-corrected chi connectivity index (χ2v) is 10.6. The van der Waals surface area contributed by atoms with Crippen LogP contribution in [0.15, 0.2) is 102 Å². The van der Waals surface area contributed by atoms with Crippen molar-refractivity contribution in [1.29, 1.82) is 0 Å². The average molecular weight is 626 g/mol. The Hall–Kier alpha value is -5.28. The quantitative estimate of drug-likeness (QED) is 0.184. The molecule has 0 unspecified atom stereocenters. The molecule has 230 valence electrons. The Labute approximate surface area is 265 Å². The second kappa shape index (κ2) is 14.5. The van der Waals surface area contributed by atoms with Crippen molar-refractivity contribution in [3.63, 3.8) is 0 Å². The zero-order valence-electron chi connectivity index (χ0n) is 24.8. The summed E-state index contributed by atoms with van der Waals surface area (Å²) >= 11 is 5.93. The van der Waals surface area contributed by atoms with Crippen LogP contribution in [-0.2, 0) is 17.8 Å². The van der Waals surface area contributed by atoms with Crippen molar-refractivity contribution in [3.8, 4) is 17.2 Å². The van der Waals surface area contributed by atoms with E-state index >= 15 is 0 Å². The minimum Gasteiger partial charge on any atom is -0.497 e. The lowest BCUT2D eigenvalue weighted by Crippen LogP contribution is -2.34. The number of halogens is 1. The van der Waals surface area contributed by atoms with E-state index in [-0.39, 0.29) is 18.7 Å². The number of rotatable bonds is 12. The van der Waals surface area contributed by atoms with Gasteiger partial charge in [0.15, 0.2) is 6.61 Å². The van der Waals surface area contributed by atoms with Crippen LogP contribution in [0.1, 0.15) is 21.5 Å². The van der Waals surface area contributed by atoms with Gasteiger partial charge in [-0.05, 0) is 84.3 Å². The Kier molecular flexibility index (Phi) is 10.0. The summed E-state index contributed by atoms with van der Waals surface area (Å²) in [7, 11) is 3.19. The van der Waals surface area contributed by atoms with Gasteiger partial charge < -0.3 is 29.4 Å². The molecule has 0 aliphatic rings. The molecule has 2 N–H and O–H groups in total. The topological polar surface area (TPSA) is 108 Å². The van der Waals surface area contributed by atoms with Crippen LogP contribution >= 0.6 is 11.6 Å². The standard InChI is InChI=1S/C35H32ClN3O6/c1-43-26-12-6-23(7-13-26)18-19-37-34(41)30-20-29-31(38-33(40)22-45-28-16-10-25(36)11-17-28)4-3-5-32(29)39(35(30)42)21-24-8-14-27(44-2)15-9-24/h3-17,20H,18-19,21-22H2,1-2H3,(H,37,41)(H,38,40). The van der Waals surface area contributed by atoms with E-state index in [0.29, 0.717) is 46.1 Å². The maximum atomic E-state index is 13.8. The predicted molar refractivity (Wildman–Crippen MR) is 175 cm³/mol. The Morgan fingerprint density at radius 2 is 1.42 bits per heavy atom. The molecule has 0 bridgehead atoms. The van der Waals surface area contributed by atoms with Gasteiger partial charge in [-0.25, -0.2) is 0 Å². The highest BCUT2D eigenvalue weighted by Crippen LogP contribution is 2.25. The zero-order chi connectivity index (χ0) is 31.8. The Bertz CT molecular complexity index is 1850. The van der Waals surface area contributed by atoms with Gasteiger partial charge in [-0.3, -0.25) is 14.4 Å². The van der Waals surface area contributed by atoms with Crippen LogP contribution in [0.5, 0.6) is 17.2 Å². The fourth-order valence-electron chi connectivity index (χ4n) is 4.82. The number of hydrogen-bond acceptors (Lipinski definition) is 6. The summed E-state index contributed by atoms with van der Waals surface area (Å²) in [5.74, 6) is 1.01. The van der Waals surface area contributed by atoms with Gasteiger partial charge in [-0.1, -0.05) is 41.9 Å². The fraction of sp³-hybridized carbons (Fsp3) is 0.171. The van der Waals surface area contributed by atoms with Crippen LogP contribution in [0.3, 0.4) is 0 Å². The molecule has 10 heteroatoms. The molecule has 0 radical (unpaired) electrons. The van der Waals surface area contributed by atoms with Crippen molar-refractivity contribution < 1.29 is 23.8 Å². The van der Waals surface area contributed by atoms with Gasteiger partial charge in [-0.2, -0.15) is 0 Å². The number of methoxy groups -OCH3 is 2. The first kappa shape index (κ1) is 31.2. The molecule has 0 spiro atoms. The highest BCUT2D eigenvalue weighted by atomic mass is 35.5. The molecule has 5 rings (SSSR count). The number of aromatic nitrogens is 1. The smallest absolute Gasteiger partial charge is 0.264 e. The second-order valence-electron chi connectivity index (χ2n) is 10.2. The molecule has 0 aliphatic heterocycles. The summed E-state index contributed by atoms with van der Waals surface area (Å²) < 4.78 is 17.6. The number of anilines is 1. The van der Waals surface area contributed by atoms with E-state index < -0.39 is 17.4 Å². The van der Waals surface area contributed by atoms with Crippen LogP contribution in [-0.4, -0.2) is 43.8 Å². The molecule has 4 aromatic carbocycles. The largest absolute Gasteiger partial charge is 0.497 e. The summed E-state index contributed by atoms with van der Waals surface area (Å²) in [4.78, 5) is 40.2. The number of ether oxygens (including phenoxy) is 3. The molecule has 0 fully saturated rings. The molecule has 1 aromatic heterocycles. The Balaban J connectivity index is 1.43. The number of fused-ring (bicyclic) bond motifs is 1. The normalized spacial score (nSPS) is 10.7. The van der Waals surface area contributed by atoms with E-state index in [1.165, 1.54) is 10.6 Å². The van der Waals surface area contributed by atoms with Crippen LogP contribution < -0.4 is 30.4 Å². The van der Waals surface area contributed by atoms with Gasteiger partial charge in [0, 0.05) is 17.0 Å². The molecule has 0 atom stereocenters. The maximum Gasteiger partial charge on any atom is 0.264 e. The van der Waals surface area contributed by atoms with Gasteiger partial charge in [0.05, 0.1) is 32.0 Å². The number of pyridine rings is 1. The van der Waals surface area contributed by atoms with E-state index in [9.17, 15) is 14.4 Å². The molecule has 1 heterocycles. The summed E-state index contributed by atoms with van der Waals surface area (Å²) in [6, 6.07) is 28.4. The highest BCUT2D eigenvalue weighted by molar-refractivity contribution is 6.30. The third-order valence-electron chi connectivity index (χ3n) is 7.20. The molecule has 9 nitrogen and oxygen atoms in total. The average Bonchev–Trinajstić information content (AvgIpc) is 3.06. The predicted octanol–water partition coefficient (Wildman–Crippen LogP) is 5.71. The van der Waals surface area contributed by atoms with Crippen molar-refractivity contribution in [1.82, 2.24) is 9.88 Å². The SMILES string of the molecule is COc1ccc(CCNC(=O)c2cc3c(NC(=O)COc4ccc(Cl)cc4)cccc3n(Cc3ccc(OC)cc3)c2=O)cc1. The molecule has 5 aromatic rings. The van der Waals surface area contributed by atoms with Crippen molar-refractivity contribution in [2.45, 2.75) is 13.0 Å². The number of benzene rings is 4. The van der Waals surface area contributed by atoms with Crippen molar-refractivity contribution in [2.75, 3.05) is 32.7 Å². The van der Waals surface area contributed by atoms with E-state index in [2.05, 4.69) is 10.6 Å². The van der Waals surface area contributed by atoms with Gasteiger partial charge >= 0.3 is 0 Å². The Morgan fingerprint density at radius 3 is 2.07 bits per heavy atom. The van der Waals surface area contributed by atoms with Crippen LogP contribution in [0.4, 0.5) is 5.69 Å². The van der Waals surface area contributed by atoms with Gasteiger partial charge in [-0.15, -0.1) is 0 Å². The number of amides is 2. The molecular formula is C35H32ClN3O6. The molecule has 2 amide bonds. The van der Waals surface area contributed by atoms with Gasteiger partial charge in [0.1, 0.15) is 22.8 Å². The molecule has 0 aliphatic carbocycles. The third-order valence-corrected chi connectivity index (χ3v) is 7.45. The number of carbonyl (C=O) groups is 2. The first-order chi connectivity index (χ1) is 21.8. The monoisotopic (exact) mass is 625 g/mol. The lowest BCUT2D eigenvalue weighted by atomic mass is 10.1. The number of carbonyl (C=O) groups excluding carboxylic acids is 2. The minimum absolute atomic E-state index is 0.0372. The summed E-state index contributed by atoms with van der Waals surface area (Å²) in [5, 5.41) is 6.83. The van der Waals surface area contributed by atoms with Crippen LogP contribution in [0.2, 0.25) is 5.02 Å². The molecule has 45 heavy (non-hydrogen) atoms. The zero-order valence-corrected chi connectivity index (χ0v) is 25.6. The highest BCUT2D eigenvalue weighted by Gasteiger charge is 2.18.